The molecule has 2 aromatic rings. The normalized spacial score (nSPS) is 10.9. The van der Waals surface area contributed by atoms with Crippen molar-refractivity contribution in [3.8, 4) is 5.69 Å². The van der Waals surface area contributed by atoms with Crippen LogP contribution in [0.1, 0.15) is 25.8 Å². The number of tetrazole rings is 1. The fourth-order valence-corrected chi connectivity index (χ4v) is 1.74. The highest BCUT2D eigenvalue weighted by atomic mass is 15.5. The Morgan fingerprint density at radius 3 is 2.83 bits per heavy atom. The molecule has 2 rings (SSSR count). The number of nitrogens with one attached hydrogen (secondary N) is 1. The van der Waals surface area contributed by atoms with Crippen molar-refractivity contribution < 1.29 is 0 Å². The fourth-order valence-electron chi connectivity index (χ4n) is 1.74. The number of nitrogens with zero attached hydrogens (tertiary/aromatic N) is 4. The van der Waals surface area contributed by atoms with E-state index in [0.29, 0.717) is 5.92 Å². The van der Waals surface area contributed by atoms with Gasteiger partial charge in [0, 0.05) is 12.2 Å². The Hall–Kier alpha value is -1.91. The molecule has 0 aliphatic rings. The minimum atomic E-state index is 0.710. The highest BCUT2D eigenvalue weighted by Crippen LogP contribution is 2.18. The topological polar surface area (TPSA) is 55.6 Å². The van der Waals surface area contributed by atoms with Crippen LogP contribution in [0, 0.1) is 12.8 Å². The largest absolute Gasteiger partial charge is 0.385 e. The van der Waals surface area contributed by atoms with Crippen LogP contribution in [-0.2, 0) is 0 Å². The fraction of sp³-hybridized carbons (Fsp3) is 0.462. The average molecular weight is 245 g/mol. The van der Waals surface area contributed by atoms with Crippen LogP contribution in [0.25, 0.3) is 5.69 Å². The van der Waals surface area contributed by atoms with E-state index in [-0.39, 0.29) is 0 Å². The Labute approximate surface area is 107 Å². The molecule has 5 heteroatoms. The molecule has 0 saturated heterocycles. The number of hydrogen-bond donors (Lipinski definition) is 1. The Morgan fingerprint density at radius 1 is 1.33 bits per heavy atom. The maximum Gasteiger partial charge on any atom is 0.143 e. The second-order valence-corrected chi connectivity index (χ2v) is 4.86. The zero-order valence-electron chi connectivity index (χ0n) is 11.1. The molecule has 18 heavy (non-hydrogen) atoms. The van der Waals surface area contributed by atoms with Crippen molar-refractivity contribution in [1.29, 1.82) is 0 Å². The summed E-state index contributed by atoms with van der Waals surface area (Å²) in [5.41, 5.74) is 3.26. The lowest BCUT2D eigenvalue weighted by Crippen LogP contribution is -2.06. The third-order valence-corrected chi connectivity index (χ3v) is 2.86. The van der Waals surface area contributed by atoms with Gasteiger partial charge in [0.05, 0.1) is 5.69 Å². The standard InChI is InChI=1S/C13H19N5/c1-10(2)6-7-14-12-5-4-11(3)13(8-12)18-9-15-16-17-18/h4-5,8-10,14H,6-7H2,1-3H3. The molecular weight excluding hydrogens is 226 g/mol. The van der Waals surface area contributed by atoms with Crippen LogP contribution in [0.3, 0.4) is 0 Å². The molecule has 1 aromatic heterocycles. The molecule has 1 aromatic carbocycles. The highest BCUT2D eigenvalue weighted by molar-refractivity contribution is 5.54. The first-order valence-corrected chi connectivity index (χ1v) is 6.24. The zero-order chi connectivity index (χ0) is 13.0. The van der Waals surface area contributed by atoms with Gasteiger partial charge >= 0.3 is 0 Å². The Balaban J connectivity index is 2.12. The number of anilines is 1. The maximum atomic E-state index is 3.92. The monoisotopic (exact) mass is 245 g/mol. The van der Waals surface area contributed by atoms with E-state index in [1.165, 1.54) is 0 Å². The Kier molecular flexibility index (Phi) is 3.92. The van der Waals surface area contributed by atoms with Gasteiger partial charge in [-0.25, -0.2) is 4.68 Å². The second kappa shape index (κ2) is 5.62. The minimum absolute atomic E-state index is 0.710. The third kappa shape index (κ3) is 3.06. The molecule has 0 amide bonds. The van der Waals surface area contributed by atoms with Gasteiger partial charge in [-0.3, -0.25) is 0 Å². The van der Waals surface area contributed by atoms with Crippen LogP contribution < -0.4 is 5.32 Å². The van der Waals surface area contributed by atoms with E-state index in [4.69, 9.17) is 0 Å². The lowest BCUT2D eigenvalue weighted by atomic mass is 10.1. The van der Waals surface area contributed by atoms with Crippen molar-refractivity contribution >= 4 is 5.69 Å². The number of rotatable bonds is 5. The van der Waals surface area contributed by atoms with Crippen LogP contribution in [0.15, 0.2) is 24.5 Å². The second-order valence-electron chi connectivity index (χ2n) is 4.86. The molecule has 0 saturated carbocycles. The number of hydrogen-bond acceptors (Lipinski definition) is 4. The summed E-state index contributed by atoms with van der Waals surface area (Å²) in [4.78, 5) is 0. The van der Waals surface area contributed by atoms with Gasteiger partial charge in [0.1, 0.15) is 6.33 Å². The molecule has 0 fully saturated rings. The van der Waals surface area contributed by atoms with Crippen molar-refractivity contribution in [3.05, 3.63) is 30.1 Å². The minimum Gasteiger partial charge on any atom is -0.385 e. The van der Waals surface area contributed by atoms with E-state index in [1.54, 1.807) is 11.0 Å². The van der Waals surface area contributed by atoms with Gasteiger partial charge in [-0.05, 0) is 47.4 Å². The van der Waals surface area contributed by atoms with E-state index in [0.717, 1.165) is 29.9 Å². The molecule has 0 radical (unpaired) electrons. The first-order chi connectivity index (χ1) is 8.66. The van der Waals surface area contributed by atoms with E-state index < -0.39 is 0 Å². The molecule has 0 spiro atoms. The number of aryl methyl sites for hydroxylation is 1. The maximum absolute atomic E-state index is 3.92. The van der Waals surface area contributed by atoms with Gasteiger partial charge in [-0.15, -0.1) is 5.10 Å². The Morgan fingerprint density at radius 2 is 2.17 bits per heavy atom. The van der Waals surface area contributed by atoms with E-state index in [9.17, 15) is 0 Å². The van der Waals surface area contributed by atoms with Crippen molar-refractivity contribution in [3.63, 3.8) is 0 Å². The molecule has 0 aliphatic heterocycles. The van der Waals surface area contributed by atoms with Gasteiger partial charge in [0.25, 0.3) is 0 Å². The highest BCUT2D eigenvalue weighted by Gasteiger charge is 2.04. The predicted molar refractivity (Wildman–Crippen MR) is 71.8 cm³/mol. The lowest BCUT2D eigenvalue weighted by Gasteiger charge is -2.11. The molecule has 0 atom stereocenters. The van der Waals surface area contributed by atoms with Crippen LogP contribution in [0.5, 0.6) is 0 Å². The summed E-state index contributed by atoms with van der Waals surface area (Å²) < 4.78 is 1.68. The lowest BCUT2D eigenvalue weighted by molar-refractivity contribution is 0.607. The number of benzene rings is 1. The van der Waals surface area contributed by atoms with Gasteiger partial charge < -0.3 is 5.32 Å². The summed E-state index contributed by atoms with van der Waals surface area (Å²) in [6.07, 6.45) is 2.77. The molecule has 0 aliphatic carbocycles. The summed E-state index contributed by atoms with van der Waals surface area (Å²) in [5, 5.41) is 14.7. The first kappa shape index (κ1) is 12.5. The summed E-state index contributed by atoms with van der Waals surface area (Å²) >= 11 is 0. The average Bonchev–Trinajstić information content (AvgIpc) is 2.84. The molecule has 0 bridgehead atoms. The van der Waals surface area contributed by atoms with Crippen LogP contribution in [-0.4, -0.2) is 26.8 Å². The number of aromatic nitrogens is 4. The van der Waals surface area contributed by atoms with Crippen molar-refractivity contribution in [2.24, 2.45) is 5.92 Å². The summed E-state index contributed by atoms with van der Waals surface area (Å²) in [7, 11) is 0. The molecule has 96 valence electrons. The van der Waals surface area contributed by atoms with Gasteiger partial charge in [0.2, 0.25) is 0 Å². The smallest absolute Gasteiger partial charge is 0.143 e. The first-order valence-electron chi connectivity index (χ1n) is 6.24. The Bertz CT molecular complexity index is 490. The van der Waals surface area contributed by atoms with E-state index in [2.05, 4.69) is 59.8 Å². The summed E-state index contributed by atoms with van der Waals surface area (Å²) in [5.74, 6) is 0.710. The molecule has 1 heterocycles. The summed E-state index contributed by atoms with van der Waals surface area (Å²) in [6.45, 7) is 7.48. The van der Waals surface area contributed by atoms with Gasteiger partial charge in [0.15, 0.2) is 0 Å². The van der Waals surface area contributed by atoms with E-state index in [1.807, 2.05) is 0 Å². The predicted octanol–water partition coefficient (Wildman–Crippen LogP) is 2.43. The SMILES string of the molecule is Cc1ccc(NCCC(C)C)cc1-n1cnnn1. The quantitative estimate of drug-likeness (QED) is 0.879. The third-order valence-electron chi connectivity index (χ3n) is 2.86. The van der Waals surface area contributed by atoms with Crippen molar-refractivity contribution in [2.45, 2.75) is 27.2 Å². The zero-order valence-corrected chi connectivity index (χ0v) is 11.1. The molecular formula is C13H19N5. The summed E-state index contributed by atoms with van der Waals surface area (Å²) in [6, 6.07) is 6.24. The van der Waals surface area contributed by atoms with E-state index >= 15 is 0 Å². The van der Waals surface area contributed by atoms with Crippen LogP contribution in [0.2, 0.25) is 0 Å². The van der Waals surface area contributed by atoms with Crippen LogP contribution >= 0.6 is 0 Å². The van der Waals surface area contributed by atoms with Crippen molar-refractivity contribution in [1.82, 2.24) is 20.2 Å². The van der Waals surface area contributed by atoms with Crippen molar-refractivity contribution in [2.75, 3.05) is 11.9 Å². The van der Waals surface area contributed by atoms with Crippen LogP contribution in [0.4, 0.5) is 5.69 Å². The molecule has 1 N–H and O–H groups in total. The van der Waals surface area contributed by atoms with Gasteiger partial charge in [-0.2, -0.15) is 0 Å². The molecule has 5 nitrogen and oxygen atoms in total. The van der Waals surface area contributed by atoms with Gasteiger partial charge in [-0.1, -0.05) is 19.9 Å². The molecule has 0 unspecified atom stereocenters.